The maximum atomic E-state index is 11.4. The van der Waals surface area contributed by atoms with Gasteiger partial charge >= 0.3 is 0 Å². The van der Waals surface area contributed by atoms with Crippen molar-refractivity contribution in [1.29, 1.82) is 0 Å². The van der Waals surface area contributed by atoms with E-state index in [0.29, 0.717) is 36.3 Å². The Labute approximate surface area is 111 Å². The summed E-state index contributed by atoms with van der Waals surface area (Å²) in [5.41, 5.74) is 1.99. The van der Waals surface area contributed by atoms with Gasteiger partial charge in [0.25, 0.3) is 5.69 Å². The number of carbonyl (C=O) groups excluding carboxylic acids is 1. The van der Waals surface area contributed by atoms with Crippen LogP contribution in [0.1, 0.15) is 29.7 Å². The van der Waals surface area contributed by atoms with E-state index in [2.05, 4.69) is 4.98 Å². The lowest BCUT2D eigenvalue weighted by atomic mass is 10.1. The third kappa shape index (κ3) is 2.96. The van der Waals surface area contributed by atoms with Crippen molar-refractivity contribution in [2.75, 3.05) is 13.1 Å². The summed E-state index contributed by atoms with van der Waals surface area (Å²) in [5, 5.41) is 11.0. The first-order chi connectivity index (χ1) is 8.99. The van der Waals surface area contributed by atoms with E-state index in [4.69, 9.17) is 0 Å². The second kappa shape index (κ2) is 5.44. The van der Waals surface area contributed by atoms with E-state index in [1.54, 1.807) is 13.8 Å². The number of rotatable bonds is 3. The van der Waals surface area contributed by atoms with Gasteiger partial charge in [0, 0.05) is 30.3 Å². The number of likely N-dealkylation sites (tertiary alicyclic amines) is 1. The Morgan fingerprint density at radius 3 is 2.84 bits per heavy atom. The van der Waals surface area contributed by atoms with Gasteiger partial charge in [-0.25, -0.2) is 0 Å². The molecule has 102 valence electrons. The largest absolute Gasteiger partial charge is 0.298 e. The van der Waals surface area contributed by atoms with Crippen LogP contribution in [0, 0.1) is 24.0 Å². The van der Waals surface area contributed by atoms with Gasteiger partial charge in [0.1, 0.15) is 5.78 Å². The molecule has 1 aromatic heterocycles. The predicted molar refractivity (Wildman–Crippen MR) is 69.9 cm³/mol. The van der Waals surface area contributed by atoms with Crippen LogP contribution in [0.3, 0.4) is 0 Å². The Morgan fingerprint density at radius 2 is 2.21 bits per heavy atom. The second-order valence-electron chi connectivity index (χ2n) is 4.97. The molecule has 0 bridgehead atoms. The lowest BCUT2D eigenvalue weighted by Crippen LogP contribution is -2.35. The van der Waals surface area contributed by atoms with Crippen LogP contribution in [0.4, 0.5) is 5.69 Å². The number of pyridine rings is 1. The number of nitro groups is 1. The number of hydrogen-bond acceptors (Lipinski definition) is 5. The van der Waals surface area contributed by atoms with Crippen LogP contribution in [-0.4, -0.2) is 33.7 Å². The maximum absolute atomic E-state index is 11.4. The Balaban J connectivity index is 2.23. The van der Waals surface area contributed by atoms with Crippen LogP contribution < -0.4 is 0 Å². The van der Waals surface area contributed by atoms with Crippen molar-refractivity contribution in [3.8, 4) is 0 Å². The highest BCUT2D eigenvalue weighted by molar-refractivity contribution is 5.81. The number of carbonyl (C=O) groups is 1. The molecule has 0 aliphatic carbocycles. The molecule has 0 N–H and O–H groups in total. The van der Waals surface area contributed by atoms with Gasteiger partial charge in [0.2, 0.25) is 0 Å². The highest BCUT2D eigenvalue weighted by Gasteiger charge is 2.22. The normalized spacial score (nSPS) is 16.6. The number of Topliss-reactive ketones (excluding diaryl/α,β-unsaturated/α-hetero) is 1. The van der Waals surface area contributed by atoms with E-state index >= 15 is 0 Å². The Bertz CT molecular complexity index is 528. The third-order valence-corrected chi connectivity index (χ3v) is 3.46. The molecule has 2 rings (SSSR count). The van der Waals surface area contributed by atoms with Crippen molar-refractivity contribution in [3.05, 3.63) is 33.1 Å². The monoisotopic (exact) mass is 263 g/mol. The number of aryl methyl sites for hydroxylation is 1. The summed E-state index contributed by atoms with van der Waals surface area (Å²) < 4.78 is 0. The molecule has 19 heavy (non-hydrogen) atoms. The quantitative estimate of drug-likeness (QED) is 0.613. The SMILES string of the molecule is Cc1cnc(CN2CCCC(=O)C2)c(C)c1[N+](=O)[O-]. The molecule has 1 fully saturated rings. The van der Waals surface area contributed by atoms with Gasteiger partial charge in [-0.05, 0) is 26.8 Å². The lowest BCUT2D eigenvalue weighted by Gasteiger charge is -2.25. The molecule has 1 saturated heterocycles. The standard InChI is InChI=1S/C13H17N3O3/c1-9-6-14-12(10(2)13(9)16(18)19)8-15-5-3-4-11(17)7-15/h6H,3-5,7-8H2,1-2H3. The summed E-state index contributed by atoms with van der Waals surface area (Å²) in [5.74, 6) is 0.227. The zero-order valence-corrected chi connectivity index (χ0v) is 11.2. The minimum Gasteiger partial charge on any atom is -0.298 e. The van der Waals surface area contributed by atoms with E-state index in [0.717, 1.165) is 13.0 Å². The lowest BCUT2D eigenvalue weighted by molar-refractivity contribution is -0.386. The van der Waals surface area contributed by atoms with E-state index in [1.807, 2.05) is 4.90 Å². The fourth-order valence-corrected chi connectivity index (χ4v) is 2.46. The second-order valence-corrected chi connectivity index (χ2v) is 4.97. The fourth-order valence-electron chi connectivity index (χ4n) is 2.46. The van der Waals surface area contributed by atoms with Crippen molar-refractivity contribution >= 4 is 11.5 Å². The van der Waals surface area contributed by atoms with E-state index in [-0.39, 0.29) is 16.4 Å². The molecule has 0 unspecified atom stereocenters. The molecule has 0 spiro atoms. The first kappa shape index (κ1) is 13.6. The maximum Gasteiger partial charge on any atom is 0.278 e. The van der Waals surface area contributed by atoms with Gasteiger partial charge in [-0.1, -0.05) is 0 Å². The molecule has 0 aromatic carbocycles. The Kier molecular flexibility index (Phi) is 3.90. The predicted octanol–water partition coefficient (Wildman–Crippen LogP) is 1.77. The van der Waals surface area contributed by atoms with Gasteiger partial charge in [0.15, 0.2) is 0 Å². The fraction of sp³-hybridized carbons (Fsp3) is 0.538. The van der Waals surface area contributed by atoms with E-state index in [9.17, 15) is 14.9 Å². The van der Waals surface area contributed by atoms with Crippen molar-refractivity contribution in [1.82, 2.24) is 9.88 Å². The van der Waals surface area contributed by atoms with Gasteiger partial charge in [0.05, 0.1) is 17.2 Å². The summed E-state index contributed by atoms with van der Waals surface area (Å²) in [6.45, 7) is 5.17. The Morgan fingerprint density at radius 1 is 1.47 bits per heavy atom. The van der Waals surface area contributed by atoms with Gasteiger partial charge in [-0.15, -0.1) is 0 Å². The molecule has 0 radical (unpaired) electrons. The highest BCUT2D eigenvalue weighted by Crippen LogP contribution is 2.25. The number of piperidine rings is 1. The minimum atomic E-state index is -0.364. The van der Waals surface area contributed by atoms with Gasteiger partial charge in [-0.3, -0.25) is 24.8 Å². The summed E-state index contributed by atoms with van der Waals surface area (Å²) in [6.07, 6.45) is 3.02. The zero-order chi connectivity index (χ0) is 14.0. The molecule has 0 saturated carbocycles. The van der Waals surface area contributed by atoms with Crippen LogP contribution in [0.15, 0.2) is 6.20 Å². The van der Waals surface area contributed by atoms with Gasteiger partial charge < -0.3 is 0 Å². The summed E-state index contributed by atoms with van der Waals surface area (Å²) in [6, 6.07) is 0. The van der Waals surface area contributed by atoms with Crippen molar-refractivity contribution in [2.24, 2.45) is 0 Å². The molecule has 0 atom stereocenters. The average Bonchev–Trinajstić information content (AvgIpc) is 2.32. The summed E-state index contributed by atoms with van der Waals surface area (Å²) >= 11 is 0. The van der Waals surface area contributed by atoms with Crippen molar-refractivity contribution < 1.29 is 9.72 Å². The zero-order valence-electron chi connectivity index (χ0n) is 11.2. The molecule has 6 heteroatoms. The first-order valence-electron chi connectivity index (χ1n) is 6.32. The van der Waals surface area contributed by atoms with E-state index in [1.165, 1.54) is 6.20 Å². The number of aromatic nitrogens is 1. The van der Waals surface area contributed by atoms with Crippen LogP contribution in [0.2, 0.25) is 0 Å². The highest BCUT2D eigenvalue weighted by atomic mass is 16.6. The molecular weight excluding hydrogens is 246 g/mol. The summed E-state index contributed by atoms with van der Waals surface area (Å²) in [7, 11) is 0. The number of ketones is 1. The van der Waals surface area contributed by atoms with Crippen molar-refractivity contribution in [2.45, 2.75) is 33.2 Å². The van der Waals surface area contributed by atoms with Crippen LogP contribution in [-0.2, 0) is 11.3 Å². The third-order valence-electron chi connectivity index (χ3n) is 3.46. The molecule has 6 nitrogen and oxygen atoms in total. The molecule has 2 heterocycles. The van der Waals surface area contributed by atoms with Crippen LogP contribution in [0.25, 0.3) is 0 Å². The first-order valence-corrected chi connectivity index (χ1v) is 6.32. The number of hydrogen-bond donors (Lipinski definition) is 0. The van der Waals surface area contributed by atoms with E-state index < -0.39 is 0 Å². The molecular formula is C13H17N3O3. The van der Waals surface area contributed by atoms with Gasteiger partial charge in [-0.2, -0.15) is 0 Å². The smallest absolute Gasteiger partial charge is 0.278 e. The topological polar surface area (TPSA) is 76.3 Å². The minimum absolute atomic E-state index is 0.133. The summed E-state index contributed by atoms with van der Waals surface area (Å²) in [4.78, 5) is 28.4. The molecule has 1 aromatic rings. The number of nitrogens with zero attached hydrogens (tertiary/aromatic N) is 3. The molecule has 1 aliphatic heterocycles. The molecule has 0 amide bonds. The average molecular weight is 263 g/mol. The van der Waals surface area contributed by atoms with Crippen LogP contribution >= 0.6 is 0 Å². The Hall–Kier alpha value is -1.82. The van der Waals surface area contributed by atoms with Crippen molar-refractivity contribution in [3.63, 3.8) is 0 Å². The molecule has 1 aliphatic rings. The van der Waals surface area contributed by atoms with Crippen LogP contribution in [0.5, 0.6) is 0 Å².